The SMILES string of the molecule is CC1CC(Nc2ccc(CS(N)(=O)=O)cc2)CN1C1CC1. The molecule has 1 saturated heterocycles. The first-order valence-corrected chi connectivity index (χ1v) is 9.24. The summed E-state index contributed by atoms with van der Waals surface area (Å²) in [6.07, 6.45) is 3.86. The van der Waals surface area contributed by atoms with Crippen LogP contribution in [-0.4, -0.2) is 38.0 Å². The van der Waals surface area contributed by atoms with Gasteiger partial charge in [0.05, 0.1) is 5.75 Å². The van der Waals surface area contributed by atoms with Crippen LogP contribution in [0, 0.1) is 0 Å². The molecule has 1 aromatic carbocycles. The van der Waals surface area contributed by atoms with E-state index >= 15 is 0 Å². The molecule has 6 heteroatoms. The maximum absolute atomic E-state index is 11.1. The van der Waals surface area contributed by atoms with Gasteiger partial charge in [0.15, 0.2) is 0 Å². The maximum atomic E-state index is 11.1. The summed E-state index contributed by atoms with van der Waals surface area (Å²) < 4.78 is 22.1. The summed E-state index contributed by atoms with van der Waals surface area (Å²) in [6.45, 7) is 3.40. The largest absolute Gasteiger partial charge is 0.381 e. The minimum Gasteiger partial charge on any atom is -0.381 e. The molecule has 3 N–H and O–H groups in total. The van der Waals surface area contributed by atoms with E-state index in [1.165, 1.54) is 12.8 Å². The predicted molar refractivity (Wildman–Crippen MR) is 84.5 cm³/mol. The van der Waals surface area contributed by atoms with E-state index in [0.29, 0.717) is 12.1 Å². The van der Waals surface area contributed by atoms with Gasteiger partial charge in [0, 0.05) is 30.4 Å². The van der Waals surface area contributed by atoms with E-state index in [4.69, 9.17) is 5.14 Å². The highest BCUT2D eigenvalue weighted by atomic mass is 32.2. The second-order valence-corrected chi connectivity index (χ2v) is 7.97. The first-order valence-electron chi connectivity index (χ1n) is 7.52. The standard InChI is InChI=1S/C15H23N3O2S/c1-11-8-14(9-18(11)15-6-7-15)17-13-4-2-12(3-5-13)10-21(16,19)20/h2-5,11,14-15,17H,6-10H2,1H3,(H2,16,19,20). The van der Waals surface area contributed by atoms with E-state index in [-0.39, 0.29) is 5.75 Å². The molecule has 0 radical (unpaired) electrons. The molecule has 1 aliphatic carbocycles. The third kappa shape index (κ3) is 3.96. The van der Waals surface area contributed by atoms with Crippen molar-refractivity contribution in [3.63, 3.8) is 0 Å². The third-order valence-corrected chi connectivity index (χ3v) is 5.07. The lowest BCUT2D eigenvalue weighted by molar-refractivity contribution is 0.257. The molecule has 2 aliphatic rings. The van der Waals surface area contributed by atoms with Gasteiger partial charge in [0.2, 0.25) is 10.0 Å². The second kappa shape index (κ2) is 5.59. The normalized spacial score (nSPS) is 27.0. The molecule has 116 valence electrons. The Morgan fingerprint density at radius 2 is 1.95 bits per heavy atom. The molecule has 1 saturated carbocycles. The number of nitrogens with two attached hydrogens (primary N) is 1. The summed E-state index contributed by atoms with van der Waals surface area (Å²) in [4.78, 5) is 2.60. The van der Waals surface area contributed by atoms with Gasteiger partial charge in [-0.2, -0.15) is 0 Å². The average molecular weight is 309 g/mol. The lowest BCUT2D eigenvalue weighted by atomic mass is 10.1. The molecule has 0 aromatic heterocycles. The number of benzene rings is 1. The average Bonchev–Trinajstić information content (AvgIpc) is 3.15. The smallest absolute Gasteiger partial charge is 0.213 e. The zero-order valence-corrected chi connectivity index (χ0v) is 13.1. The van der Waals surface area contributed by atoms with Crippen molar-refractivity contribution in [3.8, 4) is 0 Å². The van der Waals surface area contributed by atoms with Crippen LogP contribution >= 0.6 is 0 Å². The van der Waals surface area contributed by atoms with Gasteiger partial charge in [-0.3, -0.25) is 4.90 Å². The van der Waals surface area contributed by atoms with Crippen LogP contribution in [0.5, 0.6) is 0 Å². The summed E-state index contributed by atoms with van der Waals surface area (Å²) in [5.74, 6) is -0.108. The zero-order chi connectivity index (χ0) is 15.0. The minimum atomic E-state index is -3.46. The lowest BCUT2D eigenvalue weighted by Crippen LogP contribution is -2.31. The van der Waals surface area contributed by atoms with Gasteiger partial charge in [-0.05, 0) is 43.9 Å². The fraction of sp³-hybridized carbons (Fsp3) is 0.600. The first-order chi connectivity index (χ1) is 9.90. The monoisotopic (exact) mass is 309 g/mol. The highest BCUT2D eigenvalue weighted by molar-refractivity contribution is 7.88. The zero-order valence-electron chi connectivity index (χ0n) is 12.3. The van der Waals surface area contributed by atoms with Crippen molar-refractivity contribution in [1.82, 2.24) is 4.90 Å². The highest BCUT2D eigenvalue weighted by Gasteiger charge is 2.38. The molecule has 0 spiro atoms. The van der Waals surface area contributed by atoms with E-state index in [0.717, 1.165) is 30.3 Å². The van der Waals surface area contributed by atoms with Crippen LogP contribution in [-0.2, 0) is 15.8 Å². The quantitative estimate of drug-likeness (QED) is 0.864. The summed E-state index contributed by atoms with van der Waals surface area (Å²) in [6, 6.07) is 9.45. The van der Waals surface area contributed by atoms with Gasteiger partial charge in [-0.25, -0.2) is 13.6 Å². The Morgan fingerprint density at radius 1 is 1.29 bits per heavy atom. The Balaban J connectivity index is 1.58. The van der Waals surface area contributed by atoms with Gasteiger partial charge < -0.3 is 5.32 Å². The number of rotatable bonds is 5. The summed E-state index contributed by atoms with van der Waals surface area (Å²) >= 11 is 0. The Bertz CT molecular complexity index is 596. The van der Waals surface area contributed by atoms with Gasteiger partial charge in [0.25, 0.3) is 0 Å². The summed E-state index contributed by atoms with van der Waals surface area (Å²) in [5, 5.41) is 8.61. The topological polar surface area (TPSA) is 75.4 Å². The molecule has 21 heavy (non-hydrogen) atoms. The number of likely N-dealkylation sites (tertiary alicyclic amines) is 1. The van der Waals surface area contributed by atoms with Gasteiger partial charge in [-0.15, -0.1) is 0 Å². The van der Waals surface area contributed by atoms with Crippen molar-refractivity contribution >= 4 is 15.7 Å². The Kier molecular flexibility index (Phi) is 3.94. The third-order valence-electron chi connectivity index (χ3n) is 4.33. The van der Waals surface area contributed by atoms with Crippen LogP contribution in [0.4, 0.5) is 5.69 Å². The van der Waals surface area contributed by atoms with E-state index in [2.05, 4.69) is 17.1 Å². The van der Waals surface area contributed by atoms with Crippen LogP contribution in [0.25, 0.3) is 0 Å². The van der Waals surface area contributed by atoms with E-state index in [1.54, 1.807) is 0 Å². The number of anilines is 1. The molecule has 2 unspecified atom stereocenters. The van der Waals surface area contributed by atoms with Crippen LogP contribution < -0.4 is 10.5 Å². The lowest BCUT2D eigenvalue weighted by Gasteiger charge is -2.20. The van der Waals surface area contributed by atoms with Gasteiger partial charge in [0.1, 0.15) is 0 Å². The van der Waals surface area contributed by atoms with Crippen LogP contribution in [0.2, 0.25) is 0 Å². The van der Waals surface area contributed by atoms with Crippen molar-refractivity contribution in [3.05, 3.63) is 29.8 Å². The van der Waals surface area contributed by atoms with Crippen LogP contribution in [0.3, 0.4) is 0 Å². The van der Waals surface area contributed by atoms with E-state index in [1.807, 2.05) is 24.3 Å². The molecular formula is C15H23N3O2S. The number of primary sulfonamides is 1. The van der Waals surface area contributed by atoms with Crippen molar-refractivity contribution < 1.29 is 8.42 Å². The Morgan fingerprint density at radius 3 is 2.52 bits per heavy atom. The predicted octanol–water partition coefficient (Wildman–Crippen LogP) is 1.51. The highest BCUT2D eigenvalue weighted by Crippen LogP contribution is 2.34. The van der Waals surface area contributed by atoms with Gasteiger partial charge >= 0.3 is 0 Å². The van der Waals surface area contributed by atoms with Gasteiger partial charge in [-0.1, -0.05) is 12.1 Å². The molecule has 1 heterocycles. The molecule has 1 aromatic rings. The second-order valence-electron chi connectivity index (χ2n) is 6.36. The number of sulfonamides is 1. The Hall–Kier alpha value is -1.11. The number of nitrogens with zero attached hydrogens (tertiary/aromatic N) is 1. The van der Waals surface area contributed by atoms with Crippen molar-refractivity contribution in [2.45, 2.75) is 50.1 Å². The molecule has 0 amide bonds. The van der Waals surface area contributed by atoms with E-state index in [9.17, 15) is 8.42 Å². The van der Waals surface area contributed by atoms with Crippen molar-refractivity contribution in [1.29, 1.82) is 0 Å². The molecule has 0 bridgehead atoms. The summed E-state index contributed by atoms with van der Waals surface area (Å²) in [7, 11) is -3.46. The molecular weight excluding hydrogens is 286 g/mol. The molecule has 1 aliphatic heterocycles. The fourth-order valence-electron chi connectivity index (χ4n) is 3.24. The molecule has 5 nitrogen and oxygen atoms in total. The minimum absolute atomic E-state index is 0.108. The van der Waals surface area contributed by atoms with Crippen molar-refractivity contribution in [2.24, 2.45) is 5.14 Å². The first kappa shape index (κ1) is 14.8. The maximum Gasteiger partial charge on any atom is 0.213 e. The number of hydrogen-bond acceptors (Lipinski definition) is 4. The van der Waals surface area contributed by atoms with Crippen LogP contribution in [0.1, 0.15) is 31.7 Å². The molecule has 3 rings (SSSR count). The molecule has 2 fully saturated rings. The Labute approximate surface area is 126 Å². The number of nitrogens with one attached hydrogen (secondary N) is 1. The molecule has 2 atom stereocenters. The van der Waals surface area contributed by atoms with Crippen molar-refractivity contribution in [2.75, 3.05) is 11.9 Å². The fourth-order valence-corrected chi connectivity index (χ4v) is 3.90. The van der Waals surface area contributed by atoms with E-state index < -0.39 is 10.0 Å². The summed E-state index contributed by atoms with van der Waals surface area (Å²) in [5.41, 5.74) is 1.77. The number of hydrogen-bond donors (Lipinski definition) is 2. The van der Waals surface area contributed by atoms with Crippen LogP contribution in [0.15, 0.2) is 24.3 Å².